The number of carbonyl (C=O) groups is 2. The Morgan fingerprint density at radius 3 is 2.80 bits per heavy atom. The molecule has 0 radical (unpaired) electrons. The van der Waals surface area contributed by atoms with Crippen LogP contribution in [0, 0.1) is 0 Å². The number of carbonyl (C=O) groups excluding carboxylic acids is 2. The maximum Gasteiger partial charge on any atom is 0.251 e. The smallest absolute Gasteiger partial charge is 0.251 e. The maximum atomic E-state index is 11.8. The van der Waals surface area contributed by atoms with E-state index in [0.29, 0.717) is 19.6 Å². The summed E-state index contributed by atoms with van der Waals surface area (Å²) >= 11 is 1.65. The summed E-state index contributed by atoms with van der Waals surface area (Å²) in [7, 11) is 0. The van der Waals surface area contributed by atoms with E-state index in [-0.39, 0.29) is 18.2 Å². The van der Waals surface area contributed by atoms with Gasteiger partial charge >= 0.3 is 0 Å². The number of hydrogen-bond acceptors (Lipinski definition) is 4. The third-order valence-electron chi connectivity index (χ3n) is 3.36. The lowest BCUT2D eigenvalue weighted by molar-refractivity contribution is -0.142. The van der Waals surface area contributed by atoms with E-state index in [0.717, 1.165) is 19.3 Å². The van der Waals surface area contributed by atoms with Gasteiger partial charge in [-0.25, -0.2) is 0 Å². The quantitative estimate of drug-likeness (QED) is 0.815. The van der Waals surface area contributed by atoms with Gasteiger partial charge in [-0.2, -0.15) is 0 Å². The first kappa shape index (κ1) is 15.0. The molecule has 2 rings (SSSR count). The van der Waals surface area contributed by atoms with E-state index >= 15 is 0 Å². The molecule has 1 aromatic heterocycles. The van der Waals surface area contributed by atoms with E-state index in [1.807, 2.05) is 17.5 Å². The average molecular weight is 296 g/mol. The van der Waals surface area contributed by atoms with Crippen molar-refractivity contribution in [3.63, 3.8) is 0 Å². The molecule has 6 heteroatoms. The van der Waals surface area contributed by atoms with Crippen molar-refractivity contribution in [3.8, 4) is 0 Å². The van der Waals surface area contributed by atoms with Crippen LogP contribution in [0.1, 0.15) is 24.1 Å². The Labute approximate surface area is 122 Å². The van der Waals surface area contributed by atoms with Gasteiger partial charge in [0, 0.05) is 24.5 Å². The van der Waals surface area contributed by atoms with Crippen LogP contribution in [0.5, 0.6) is 0 Å². The Morgan fingerprint density at radius 2 is 2.15 bits per heavy atom. The topological polar surface area (TPSA) is 69.6 Å². The average Bonchev–Trinajstić information content (AvgIpc) is 3.10. The van der Waals surface area contributed by atoms with Crippen LogP contribution in [0.25, 0.3) is 0 Å². The second-order valence-corrected chi connectivity index (χ2v) is 5.96. The standard InChI is InChI=1S/C14H20N2O3S/c17-12(14(19)16-7-1-2-8-16)10-13(18)15-6-5-11-4-3-9-20-11/h3-4,9,12,17H,1-2,5-8,10H2,(H,15,18)/t12-/m1/s1. The molecule has 0 unspecified atom stereocenters. The molecule has 5 nitrogen and oxygen atoms in total. The lowest BCUT2D eigenvalue weighted by Crippen LogP contribution is -2.40. The number of nitrogens with one attached hydrogen (secondary N) is 1. The van der Waals surface area contributed by atoms with Crippen LogP contribution in [-0.4, -0.2) is 47.6 Å². The van der Waals surface area contributed by atoms with Crippen molar-refractivity contribution in [2.45, 2.75) is 31.8 Å². The van der Waals surface area contributed by atoms with E-state index < -0.39 is 6.10 Å². The second-order valence-electron chi connectivity index (χ2n) is 4.93. The zero-order chi connectivity index (χ0) is 14.4. The molecule has 2 heterocycles. The van der Waals surface area contributed by atoms with Crippen LogP contribution in [0.3, 0.4) is 0 Å². The molecule has 110 valence electrons. The molecule has 20 heavy (non-hydrogen) atoms. The summed E-state index contributed by atoms with van der Waals surface area (Å²) in [6, 6.07) is 3.99. The summed E-state index contributed by atoms with van der Waals surface area (Å²) in [5, 5.41) is 14.5. The molecular formula is C14H20N2O3S. The van der Waals surface area contributed by atoms with Gasteiger partial charge in [0.05, 0.1) is 6.42 Å². The fraction of sp³-hybridized carbons (Fsp3) is 0.571. The van der Waals surface area contributed by atoms with Crippen LogP contribution in [0.2, 0.25) is 0 Å². The highest BCUT2D eigenvalue weighted by molar-refractivity contribution is 7.09. The van der Waals surface area contributed by atoms with Crippen molar-refractivity contribution in [2.24, 2.45) is 0 Å². The Hall–Kier alpha value is -1.40. The summed E-state index contributed by atoms with van der Waals surface area (Å²) in [6.07, 6.45) is 1.37. The Balaban J connectivity index is 1.66. The molecule has 0 aromatic carbocycles. The molecule has 1 aliphatic heterocycles. The second kappa shape index (κ2) is 7.40. The van der Waals surface area contributed by atoms with Crippen LogP contribution >= 0.6 is 11.3 Å². The van der Waals surface area contributed by atoms with Gasteiger partial charge in [0.1, 0.15) is 6.10 Å². The third-order valence-corrected chi connectivity index (χ3v) is 4.29. The van der Waals surface area contributed by atoms with Gasteiger partial charge in [0.25, 0.3) is 5.91 Å². The van der Waals surface area contributed by atoms with E-state index in [1.165, 1.54) is 4.88 Å². The Morgan fingerprint density at radius 1 is 1.40 bits per heavy atom. The SMILES string of the molecule is O=C(C[C@@H](O)C(=O)N1CCCC1)NCCc1cccs1. The summed E-state index contributed by atoms with van der Waals surface area (Å²) in [4.78, 5) is 26.3. The van der Waals surface area contributed by atoms with Crippen LogP contribution < -0.4 is 5.32 Å². The van der Waals surface area contributed by atoms with Crippen molar-refractivity contribution in [3.05, 3.63) is 22.4 Å². The van der Waals surface area contributed by atoms with Gasteiger partial charge in [-0.3, -0.25) is 9.59 Å². The summed E-state index contributed by atoms with van der Waals surface area (Å²) in [5.41, 5.74) is 0. The summed E-state index contributed by atoms with van der Waals surface area (Å²) < 4.78 is 0. The molecule has 0 bridgehead atoms. The minimum absolute atomic E-state index is 0.153. The van der Waals surface area contributed by atoms with Crippen molar-refractivity contribution in [1.82, 2.24) is 10.2 Å². The molecular weight excluding hydrogens is 276 g/mol. The third kappa shape index (κ3) is 4.31. The largest absolute Gasteiger partial charge is 0.383 e. The molecule has 2 N–H and O–H groups in total. The number of nitrogens with zero attached hydrogens (tertiary/aromatic N) is 1. The van der Waals surface area contributed by atoms with E-state index in [4.69, 9.17) is 0 Å². The van der Waals surface area contributed by atoms with Gasteiger partial charge in [-0.15, -0.1) is 11.3 Å². The van der Waals surface area contributed by atoms with Gasteiger partial charge < -0.3 is 15.3 Å². The maximum absolute atomic E-state index is 11.8. The molecule has 1 aromatic rings. The number of aliphatic hydroxyl groups is 1. The van der Waals surface area contributed by atoms with Crippen molar-refractivity contribution >= 4 is 23.2 Å². The van der Waals surface area contributed by atoms with Crippen LogP contribution in [0.15, 0.2) is 17.5 Å². The van der Waals surface area contributed by atoms with Crippen molar-refractivity contribution < 1.29 is 14.7 Å². The molecule has 1 saturated heterocycles. The predicted molar refractivity (Wildman–Crippen MR) is 77.5 cm³/mol. The summed E-state index contributed by atoms with van der Waals surface area (Å²) in [5.74, 6) is -0.600. The molecule has 0 aliphatic carbocycles. The molecule has 1 atom stereocenters. The Bertz CT molecular complexity index is 441. The molecule has 1 fully saturated rings. The zero-order valence-electron chi connectivity index (χ0n) is 11.4. The number of likely N-dealkylation sites (tertiary alicyclic amines) is 1. The number of aliphatic hydroxyl groups excluding tert-OH is 1. The molecule has 2 amide bonds. The first-order valence-electron chi connectivity index (χ1n) is 6.93. The minimum atomic E-state index is -1.21. The molecule has 0 saturated carbocycles. The van der Waals surface area contributed by atoms with Crippen LogP contribution in [-0.2, 0) is 16.0 Å². The molecule has 1 aliphatic rings. The number of rotatable bonds is 6. The number of hydrogen-bond donors (Lipinski definition) is 2. The van der Waals surface area contributed by atoms with E-state index in [9.17, 15) is 14.7 Å². The van der Waals surface area contributed by atoms with Gasteiger partial charge in [-0.05, 0) is 30.7 Å². The van der Waals surface area contributed by atoms with E-state index in [1.54, 1.807) is 16.2 Å². The number of amides is 2. The first-order chi connectivity index (χ1) is 9.66. The highest BCUT2D eigenvalue weighted by Gasteiger charge is 2.26. The van der Waals surface area contributed by atoms with E-state index in [2.05, 4.69) is 5.32 Å². The fourth-order valence-corrected chi connectivity index (χ4v) is 2.97. The first-order valence-corrected chi connectivity index (χ1v) is 7.80. The van der Waals surface area contributed by atoms with Crippen molar-refractivity contribution in [2.75, 3.05) is 19.6 Å². The highest BCUT2D eigenvalue weighted by Crippen LogP contribution is 2.11. The van der Waals surface area contributed by atoms with Crippen LogP contribution in [0.4, 0.5) is 0 Å². The zero-order valence-corrected chi connectivity index (χ0v) is 12.2. The van der Waals surface area contributed by atoms with Gasteiger partial charge in [-0.1, -0.05) is 6.07 Å². The van der Waals surface area contributed by atoms with Crippen molar-refractivity contribution in [1.29, 1.82) is 0 Å². The lowest BCUT2D eigenvalue weighted by Gasteiger charge is -2.19. The van der Waals surface area contributed by atoms with Gasteiger partial charge in [0.2, 0.25) is 5.91 Å². The monoisotopic (exact) mass is 296 g/mol. The predicted octanol–water partition coefficient (Wildman–Crippen LogP) is 0.780. The minimum Gasteiger partial charge on any atom is -0.383 e. The lowest BCUT2D eigenvalue weighted by atomic mass is 10.2. The normalized spacial score (nSPS) is 16.1. The highest BCUT2D eigenvalue weighted by atomic mass is 32.1. The Kier molecular flexibility index (Phi) is 5.55. The van der Waals surface area contributed by atoms with Gasteiger partial charge in [0.15, 0.2) is 0 Å². The summed E-state index contributed by atoms with van der Waals surface area (Å²) in [6.45, 7) is 1.91. The molecule has 0 spiro atoms. The fourth-order valence-electron chi connectivity index (χ4n) is 2.26. The number of thiophene rings is 1.